The molecule has 28 heavy (non-hydrogen) atoms. The van der Waals surface area contributed by atoms with Crippen molar-refractivity contribution in [1.82, 2.24) is 9.80 Å². The number of imide groups is 1. The van der Waals surface area contributed by atoms with E-state index in [1.165, 1.54) is 20.2 Å². The maximum Gasteiger partial charge on any atom is 0.261 e. The van der Waals surface area contributed by atoms with E-state index in [0.717, 1.165) is 25.9 Å². The van der Waals surface area contributed by atoms with Crippen molar-refractivity contribution in [2.45, 2.75) is 18.9 Å². The summed E-state index contributed by atoms with van der Waals surface area (Å²) in [5, 5.41) is 4.32. The first-order valence-electron chi connectivity index (χ1n) is 9.53. The van der Waals surface area contributed by atoms with Gasteiger partial charge in [-0.1, -0.05) is 18.2 Å². The maximum absolute atomic E-state index is 12.6. The summed E-state index contributed by atoms with van der Waals surface area (Å²) in [5.74, 6) is -0.316. The van der Waals surface area contributed by atoms with Crippen molar-refractivity contribution in [1.29, 1.82) is 0 Å². The summed E-state index contributed by atoms with van der Waals surface area (Å²) < 4.78 is 0. The second kappa shape index (κ2) is 7.28. The third kappa shape index (κ3) is 2.92. The Bertz CT molecular complexity index is 990. The van der Waals surface area contributed by atoms with Crippen LogP contribution in [-0.2, 0) is 6.42 Å². The molecule has 2 aromatic heterocycles. The third-order valence-electron chi connectivity index (χ3n) is 5.58. The molecule has 0 saturated carbocycles. The molecule has 5 rings (SSSR count). The smallest absolute Gasteiger partial charge is 0.261 e. The highest BCUT2D eigenvalue weighted by Crippen LogP contribution is 2.39. The summed E-state index contributed by atoms with van der Waals surface area (Å²) in [6.45, 7) is 2.35. The van der Waals surface area contributed by atoms with Gasteiger partial charge in [0.15, 0.2) is 0 Å². The molecule has 0 aliphatic carbocycles. The van der Waals surface area contributed by atoms with E-state index in [4.69, 9.17) is 0 Å². The lowest BCUT2D eigenvalue weighted by atomic mass is 9.98. The normalized spacial score (nSPS) is 19.1. The van der Waals surface area contributed by atoms with Crippen LogP contribution in [0.15, 0.2) is 53.2 Å². The molecule has 4 nitrogen and oxygen atoms in total. The number of nitrogens with zero attached hydrogens (tertiary/aromatic N) is 2. The van der Waals surface area contributed by atoms with E-state index in [1.807, 2.05) is 23.5 Å². The minimum atomic E-state index is -0.158. The van der Waals surface area contributed by atoms with Crippen LogP contribution < -0.4 is 0 Å². The molecule has 2 aliphatic rings. The van der Waals surface area contributed by atoms with E-state index in [0.29, 0.717) is 17.7 Å². The third-order valence-corrected chi connectivity index (χ3v) is 7.50. The van der Waals surface area contributed by atoms with Crippen molar-refractivity contribution in [2.24, 2.45) is 0 Å². The van der Waals surface area contributed by atoms with Crippen LogP contribution in [0.4, 0.5) is 0 Å². The molecule has 3 aromatic rings. The molecular formula is C22H20N2O2S2. The van der Waals surface area contributed by atoms with Crippen molar-refractivity contribution in [3.63, 3.8) is 0 Å². The minimum Gasteiger partial charge on any atom is -0.291 e. The van der Waals surface area contributed by atoms with E-state index in [-0.39, 0.29) is 17.9 Å². The number of carbonyl (C=O) groups excluding carboxylic acids is 2. The number of fused-ring (bicyclic) bond motifs is 2. The van der Waals surface area contributed by atoms with Crippen LogP contribution in [-0.4, -0.2) is 41.2 Å². The monoisotopic (exact) mass is 408 g/mol. The lowest BCUT2D eigenvalue weighted by molar-refractivity contribution is 0.0645. The van der Waals surface area contributed by atoms with Crippen molar-refractivity contribution < 1.29 is 9.59 Å². The number of hydrogen-bond acceptors (Lipinski definition) is 5. The molecule has 0 unspecified atom stereocenters. The molecular weight excluding hydrogens is 388 g/mol. The lowest BCUT2D eigenvalue weighted by Crippen LogP contribution is -2.38. The van der Waals surface area contributed by atoms with Gasteiger partial charge in [0.05, 0.1) is 17.2 Å². The van der Waals surface area contributed by atoms with Gasteiger partial charge in [-0.05, 0) is 53.4 Å². The Labute approximate surface area is 172 Å². The van der Waals surface area contributed by atoms with Gasteiger partial charge < -0.3 is 0 Å². The first kappa shape index (κ1) is 17.8. The molecule has 0 saturated heterocycles. The zero-order chi connectivity index (χ0) is 19.1. The number of hydrogen-bond donors (Lipinski definition) is 0. The maximum atomic E-state index is 12.6. The fraction of sp³-hybridized carbons (Fsp3) is 0.273. The summed E-state index contributed by atoms with van der Waals surface area (Å²) >= 11 is 3.64. The van der Waals surface area contributed by atoms with Crippen molar-refractivity contribution in [3.8, 4) is 0 Å². The predicted octanol–water partition coefficient (Wildman–Crippen LogP) is 4.44. The minimum absolute atomic E-state index is 0.158. The van der Waals surface area contributed by atoms with Gasteiger partial charge in [-0.3, -0.25) is 19.4 Å². The van der Waals surface area contributed by atoms with Crippen LogP contribution in [0, 0.1) is 0 Å². The summed E-state index contributed by atoms with van der Waals surface area (Å²) in [5.41, 5.74) is 2.48. The van der Waals surface area contributed by atoms with Crippen LogP contribution in [0.5, 0.6) is 0 Å². The quantitative estimate of drug-likeness (QED) is 0.586. The highest BCUT2D eigenvalue weighted by atomic mass is 32.1. The Morgan fingerprint density at radius 2 is 1.68 bits per heavy atom. The molecule has 6 heteroatoms. The van der Waals surface area contributed by atoms with Gasteiger partial charge in [0, 0.05) is 29.4 Å². The summed E-state index contributed by atoms with van der Waals surface area (Å²) in [4.78, 5) is 31.9. The first-order valence-corrected chi connectivity index (χ1v) is 11.3. The molecule has 0 fully saturated rings. The molecule has 1 atom stereocenters. The summed E-state index contributed by atoms with van der Waals surface area (Å²) in [6, 6.07) is 14.0. The first-order chi connectivity index (χ1) is 13.7. The number of rotatable bonds is 5. The predicted molar refractivity (Wildman–Crippen MR) is 112 cm³/mol. The summed E-state index contributed by atoms with van der Waals surface area (Å²) in [6.07, 6.45) is 1.86. The molecule has 4 heterocycles. The van der Waals surface area contributed by atoms with Gasteiger partial charge in [-0.15, -0.1) is 22.7 Å². The van der Waals surface area contributed by atoms with Gasteiger partial charge in [-0.25, -0.2) is 0 Å². The van der Waals surface area contributed by atoms with Crippen LogP contribution in [0.1, 0.15) is 48.5 Å². The average Bonchev–Trinajstić information content (AvgIpc) is 3.45. The highest BCUT2D eigenvalue weighted by molar-refractivity contribution is 7.10. The van der Waals surface area contributed by atoms with E-state index in [9.17, 15) is 9.59 Å². The second-order valence-corrected chi connectivity index (χ2v) is 9.14. The van der Waals surface area contributed by atoms with E-state index in [2.05, 4.69) is 33.9 Å². The molecule has 142 valence electrons. The van der Waals surface area contributed by atoms with Gasteiger partial charge in [0.2, 0.25) is 0 Å². The zero-order valence-corrected chi connectivity index (χ0v) is 17.0. The summed E-state index contributed by atoms with van der Waals surface area (Å²) in [7, 11) is 0. The number of amides is 2. The van der Waals surface area contributed by atoms with Crippen molar-refractivity contribution in [2.75, 3.05) is 19.6 Å². The Balaban J connectivity index is 1.29. The molecule has 2 amide bonds. The topological polar surface area (TPSA) is 40.6 Å². The van der Waals surface area contributed by atoms with Crippen LogP contribution >= 0.6 is 22.7 Å². The van der Waals surface area contributed by atoms with Crippen molar-refractivity contribution in [3.05, 3.63) is 79.7 Å². The van der Waals surface area contributed by atoms with Gasteiger partial charge in [0.25, 0.3) is 11.8 Å². The highest BCUT2D eigenvalue weighted by Gasteiger charge is 2.35. The standard InChI is InChI=1S/C22H20N2O2S2/c25-21-15-5-1-2-6-16(15)22(26)24(21)11-4-10-23-12-8-18-17(9-14-28-18)20(23)19-7-3-13-27-19/h1-3,5-7,9,13-14,20H,4,8,10-12H2/t20-/m1/s1. The Morgan fingerprint density at radius 1 is 0.893 bits per heavy atom. The van der Waals surface area contributed by atoms with Gasteiger partial charge in [-0.2, -0.15) is 0 Å². The molecule has 0 spiro atoms. The number of benzene rings is 1. The molecule has 1 aromatic carbocycles. The molecule has 0 N–H and O–H groups in total. The van der Waals surface area contributed by atoms with E-state index < -0.39 is 0 Å². The zero-order valence-electron chi connectivity index (χ0n) is 15.3. The average molecular weight is 409 g/mol. The van der Waals surface area contributed by atoms with Gasteiger partial charge >= 0.3 is 0 Å². The van der Waals surface area contributed by atoms with E-state index in [1.54, 1.807) is 23.5 Å². The lowest BCUT2D eigenvalue weighted by Gasteiger charge is -2.35. The second-order valence-electron chi connectivity index (χ2n) is 7.16. The van der Waals surface area contributed by atoms with Gasteiger partial charge in [0.1, 0.15) is 0 Å². The van der Waals surface area contributed by atoms with Crippen molar-refractivity contribution >= 4 is 34.5 Å². The molecule has 0 radical (unpaired) electrons. The largest absolute Gasteiger partial charge is 0.291 e. The Morgan fingerprint density at radius 3 is 2.39 bits per heavy atom. The molecule has 2 aliphatic heterocycles. The Hall–Kier alpha value is -2.28. The number of carbonyl (C=O) groups is 2. The van der Waals surface area contributed by atoms with Crippen LogP contribution in [0.3, 0.4) is 0 Å². The fourth-order valence-corrected chi connectivity index (χ4v) is 6.04. The number of thiophene rings is 2. The fourth-order valence-electron chi connectivity index (χ4n) is 4.26. The Kier molecular flexibility index (Phi) is 4.62. The van der Waals surface area contributed by atoms with E-state index >= 15 is 0 Å². The SMILES string of the molecule is O=C1c2ccccc2C(=O)N1CCCN1CCc2sccc2[C@@H]1c1cccs1. The van der Waals surface area contributed by atoms with Crippen LogP contribution in [0.2, 0.25) is 0 Å². The molecule has 0 bridgehead atoms. The van der Waals surface area contributed by atoms with Crippen LogP contribution in [0.25, 0.3) is 0 Å².